The molecule has 0 bridgehead atoms. The first-order valence-corrected chi connectivity index (χ1v) is 6.96. The molecule has 0 spiro atoms. The molecular formula is C14H20N2O4. The lowest BCUT2D eigenvalue weighted by Crippen LogP contribution is -2.39. The van der Waals surface area contributed by atoms with E-state index >= 15 is 0 Å². The first-order valence-electron chi connectivity index (χ1n) is 6.96. The second-order valence-electron chi connectivity index (χ2n) is 5.35. The number of amides is 1. The van der Waals surface area contributed by atoms with Gasteiger partial charge in [0.1, 0.15) is 5.76 Å². The molecule has 1 aromatic heterocycles. The number of aliphatic carboxylic acids is 1. The van der Waals surface area contributed by atoms with Crippen molar-refractivity contribution in [3.8, 4) is 0 Å². The molecular weight excluding hydrogens is 260 g/mol. The summed E-state index contributed by atoms with van der Waals surface area (Å²) in [5.74, 6) is 0.312. The lowest BCUT2D eigenvalue weighted by atomic mass is 9.93. The fourth-order valence-electron chi connectivity index (χ4n) is 2.56. The van der Waals surface area contributed by atoms with E-state index in [0.29, 0.717) is 25.9 Å². The van der Waals surface area contributed by atoms with Crippen LogP contribution in [0.3, 0.4) is 0 Å². The molecule has 110 valence electrons. The minimum atomic E-state index is -0.754. The number of carbonyl (C=O) groups is 2. The van der Waals surface area contributed by atoms with Crippen molar-refractivity contribution in [2.45, 2.75) is 39.0 Å². The zero-order valence-corrected chi connectivity index (χ0v) is 11.7. The Labute approximate surface area is 117 Å². The molecule has 6 heteroatoms. The van der Waals surface area contributed by atoms with Crippen LogP contribution in [0.1, 0.15) is 37.1 Å². The number of carboxylic acid groups (broad SMARTS) is 1. The highest BCUT2D eigenvalue weighted by Crippen LogP contribution is 2.21. The average Bonchev–Trinajstić information content (AvgIpc) is 2.82. The van der Waals surface area contributed by atoms with Crippen molar-refractivity contribution >= 4 is 11.9 Å². The maximum atomic E-state index is 12.1. The number of piperidine rings is 1. The zero-order chi connectivity index (χ0) is 14.5. The van der Waals surface area contributed by atoms with Crippen LogP contribution < -0.4 is 0 Å². The van der Waals surface area contributed by atoms with E-state index in [1.165, 1.54) is 0 Å². The average molecular weight is 280 g/mol. The van der Waals surface area contributed by atoms with Crippen molar-refractivity contribution in [1.29, 1.82) is 0 Å². The van der Waals surface area contributed by atoms with E-state index in [-0.39, 0.29) is 18.2 Å². The minimum absolute atomic E-state index is 0.111. The number of aryl methyl sites for hydroxylation is 2. The summed E-state index contributed by atoms with van der Waals surface area (Å²) >= 11 is 0. The van der Waals surface area contributed by atoms with Crippen molar-refractivity contribution in [3.05, 3.63) is 17.5 Å². The van der Waals surface area contributed by atoms with Crippen LogP contribution in [0.4, 0.5) is 0 Å². The summed E-state index contributed by atoms with van der Waals surface area (Å²) in [5, 5.41) is 12.6. The molecule has 0 saturated carbocycles. The summed E-state index contributed by atoms with van der Waals surface area (Å²) in [7, 11) is 0. The highest BCUT2D eigenvalue weighted by Gasteiger charge is 2.24. The summed E-state index contributed by atoms with van der Waals surface area (Å²) in [6.45, 7) is 3.15. The number of carboxylic acids is 1. The molecule has 1 saturated heterocycles. The molecule has 0 radical (unpaired) electrons. The fraction of sp³-hybridized carbons (Fsp3) is 0.643. The third-order valence-corrected chi connectivity index (χ3v) is 3.70. The summed E-state index contributed by atoms with van der Waals surface area (Å²) in [6, 6.07) is 1.84. The minimum Gasteiger partial charge on any atom is -0.481 e. The van der Waals surface area contributed by atoms with Gasteiger partial charge in [0, 0.05) is 38.4 Å². The topological polar surface area (TPSA) is 83.6 Å². The Balaban J connectivity index is 1.73. The molecule has 6 nitrogen and oxygen atoms in total. The monoisotopic (exact) mass is 280 g/mol. The van der Waals surface area contributed by atoms with Crippen molar-refractivity contribution < 1.29 is 19.2 Å². The molecule has 1 fully saturated rings. The van der Waals surface area contributed by atoms with Crippen LogP contribution in [0, 0.1) is 12.8 Å². The van der Waals surface area contributed by atoms with Gasteiger partial charge in [0.05, 0.1) is 5.69 Å². The van der Waals surface area contributed by atoms with Gasteiger partial charge in [0.15, 0.2) is 0 Å². The number of hydrogen-bond acceptors (Lipinski definition) is 4. The quantitative estimate of drug-likeness (QED) is 0.886. The molecule has 1 aromatic rings. The molecule has 0 unspecified atom stereocenters. The molecule has 1 aliphatic heterocycles. The fourth-order valence-corrected chi connectivity index (χ4v) is 2.56. The van der Waals surface area contributed by atoms with E-state index in [2.05, 4.69) is 5.16 Å². The highest BCUT2D eigenvalue weighted by molar-refractivity contribution is 5.76. The van der Waals surface area contributed by atoms with E-state index in [0.717, 1.165) is 24.3 Å². The van der Waals surface area contributed by atoms with Crippen LogP contribution in [-0.2, 0) is 16.0 Å². The predicted octanol–water partition coefficient (Wildman–Crippen LogP) is 1.63. The number of carbonyl (C=O) groups excluding carboxylic acids is 1. The van der Waals surface area contributed by atoms with Crippen LogP contribution in [-0.4, -0.2) is 40.1 Å². The van der Waals surface area contributed by atoms with Gasteiger partial charge in [-0.2, -0.15) is 0 Å². The largest absolute Gasteiger partial charge is 0.481 e. The molecule has 0 aliphatic carbocycles. The first kappa shape index (κ1) is 14.6. The van der Waals surface area contributed by atoms with Crippen LogP contribution >= 0.6 is 0 Å². The molecule has 1 amide bonds. The third kappa shape index (κ3) is 4.08. The van der Waals surface area contributed by atoms with Gasteiger partial charge in [-0.1, -0.05) is 5.16 Å². The smallest absolute Gasteiger partial charge is 0.303 e. The molecule has 1 aliphatic rings. The maximum absolute atomic E-state index is 12.1. The second kappa shape index (κ2) is 6.54. The van der Waals surface area contributed by atoms with E-state index in [1.54, 1.807) is 0 Å². The lowest BCUT2D eigenvalue weighted by Gasteiger charge is -2.31. The van der Waals surface area contributed by atoms with Gasteiger partial charge in [-0.05, 0) is 25.7 Å². The van der Waals surface area contributed by atoms with E-state index < -0.39 is 5.97 Å². The normalized spacial score (nSPS) is 16.4. The molecule has 1 N–H and O–H groups in total. The molecule has 20 heavy (non-hydrogen) atoms. The number of nitrogens with zero attached hydrogens (tertiary/aromatic N) is 2. The van der Waals surface area contributed by atoms with Crippen molar-refractivity contribution in [2.75, 3.05) is 13.1 Å². The van der Waals surface area contributed by atoms with Gasteiger partial charge in [-0.25, -0.2) is 0 Å². The summed E-state index contributed by atoms with van der Waals surface area (Å²) in [5.41, 5.74) is 0.802. The number of hydrogen-bond donors (Lipinski definition) is 1. The number of rotatable bonds is 5. The third-order valence-electron chi connectivity index (χ3n) is 3.70. The Bertz CT molecular complexity index is 475. The van der Waals surface area contributed by atoms with Crippen LogP contribution in [0.15, 0.2) is 10.6 Å². The van der Waals surface area contributed by atoms with Gasteiger partial charge in [0.25, 0.3) is 0 Å². The molecule has 2 heterocycles. The van der Waals surface area contributed by atoms with Crippen molar-refractivity contribution in [1.82, 2.24) is 10.1 Å². The van der Waals surface area contributed by atoms with Crippen LogP contribution in [0.5, 0.6) is 0 Å². The van der Waals surface area contributed by atoms with Gasteiger partial charge < -0.3 is 14.5 Å². The SMILES string of the molecule is Cc1cc(CCC(=O)N2CCC(CC(=O)O)CC2)no1. The predicted molar refractivity (Wildman–Crippen MR) is 71.1 cm³/mol. The summed E-state index contributed by atoms with van der Waals surface area (Å²) < 4.78 is 4.96. The van der Waals surface area contributed by atoms with E-state index in [9.17, 15) is 9.59 Å². The Morgan fingerprint density at radius 1 is 1.45 bits per heavy atom. The molecule has 0 atom stereocenters. The first-order chi connectivity index (χ1) is 9.54. The summed E-state index contributed by atoms with van der Waals surface area (Å²) in [4.78, 5) is 24.5. The van der Waals surface area contributed by atoms with Gasteiger partial charge in [0.2, 0.25) is 5.91 Å². The summed E-state index contributed by atoms with van der Waals surface area (Å²) in [6.07, 6.45) is 2.78. The van der Waals surface area contributed by atoms with Crippen LogP contribution in [0.25, 0.3) is 0 Å². The number of aromatic nitrogens is 1. The Morgan fingerprint density at radius 3 is 2.70 bits per heavy atom. The van der Waals surface area contributed by atoms with Crippen molar-refractivity contribution in [3.63, 3.8) is 0 Å². The number of likely N-dealkylation sites (tertiary alicyclic amines) is 1. The Kier molecular flexibility index (Phi) is 4.76. The molecule has 2 rings (SSSR count). The lowest BCUT2D eigenvalue weighted by molar-refractivity contribution is -0.138. The zero-order valence-electron chi connectivity index (χ0n) is 11.7. The maximum Gasteiger partial charge on any atom is 0.303 e. The Hall–Kier alpha value is -1.85. The Morgan fingerprint density at radius 2 is 2.15 bits per heavy atom. The van der Waals surface area contributed by atoms with Gasteiger partial charge in [-0.15, -0.1) is 0 Å². The van der Waals surface area contributed by atoms with Gasteiger partial charge >= 0.3 is 5.97 Å². The molecule has 0 aromatic carbocycles. The highest BCUT2D eigenvalue weighted by atomic mass is 16.5. The van der Waals surface area contributed by atoms with E-state index in [1.807, 2.05) is 17.9 Å². The van der Waals surface area contributed by atoms with Gasteiger partial charge in [-0.3, -0.25) is 9.59 Å². The standard InChI is InChI=1S/C14H20N2O4/c1-10-8-12(15-20-10)2-3-13(17)16-6-4-11(5-7-16)9-14(18)19/h8,11H,2-7,9H2,1H3,(H,18,19). The second-order valence-corrected chi connectivity index (χ2v) is 5.35. The van der Waals surface area contributed by atoms with E-state index in [4.69, 9.17) is 9.63 Å². The van der Waals surface area contributed by atoms with Crippen molar-refractivity contribution in [2.24, 2.45) is 5.92 Å². The van der Waals surface area contributed by atoms with Crippen LogP contribution in [0.2, 0.25) is 0 Å².